The second-order valence-corrected chi connectivity index (χ2v) is 4.98. The molecule has 3 nitrogen and oxygen atoms in total. The van der Waals surface area contributed by atoms with E-state index in [2.05, 4.69) is 27.8 Å². The van der Waals surface area contributed by atoms with Crippen LogP contribution in [-0.4, -0.2) is 31.5 Å². The van der Waals surface area contributed by atoms with E-state index in [1.807, 2.05) is 19.0 Å². The van der Waals surface area contributed by atoms with Gasteiger partial charge in [-0.1, -0.05) is 34.2 Å². The van der Waals surface area contributed by atoms with Crippen molar-refractivity contribution in [2.75, 3.05) is 31.4 Å². The fourth-order valence-electron chi connectivity index (χ4n) is 1.03. The van der Waals surface area contributed by atoms with Crippen LogP contribution in [0.3, 0.4) is 0 Å². The molecule has 0 aliphatic carbocycles. The summed E-state index contributed by atoms with van der Waals surface area (Å²) in [5, 5.41) is 1.92. The molecule has 0 radical (unpaired) electrons. The highest BCUT2D eigenvalue weighted by atomic mass is 79.9. The average molecular weight is 279 g/mol. The zero-order chi connectivity index (χ0) is 10.7. The van der Waals surface area contributed by atoms with Crippen LogP contribution in [-0.2, 0) is 0 Å². The van der Waals surface area contributed by atoms with E-state index < -0.39 is 0 Å². The lowest BCUT2D eigenvalue weighted by Gasteiger charge is -2.06. The summed E-state index contributed by atoms with van der Waals surface area (Å²) in [7, 11) is 5.64. The molecule has 0 aliphatic heterocycles. The third-order valence-electron chi connectivity index (χ3n) is 1.86. The molecular weight excluding hydrogens is 264 g/mol. The topological polar surface area (TPSA) is 25.4 Å². The lowest BCUT2D eigenvalue weighted by molar-refractivity contribution is 0.395. The molecule has 0 N–H and O–H groups in total. The van der Waals surface area contributed by atoms with Crippen LogP contribution >= 0.6 is 27.3 Å². The molecular formula is C9H15BrN2OS. The van der Waals surface area contributed by atoms with E-state index in [0.717, 1.165) is 16.3 Å². The Balaban J connectivity index is 3.02. The first-order chi connectivity index (χ1) is 6.60. The van der Waals surface area contributed by atoms with Gasteiger partial charge in [-0.15, -0.1) is 0 Å². The number of anilines is 1. The van der Waals surface area contributed by atoms with Crippen LogP contribution in [0.25, 0.3) is 0 Å². The molecule has 1 atom stereocenters. The number of rotatable bonds is 4. The van der Waals surface area contributed by atoms with Crippen molar-refractivity contribution < 1.29 is 4.74 Å². The molecule has 0 saturated heterocycles. The van der Waals surface area contributed by atoms with Crippen LogP contribution in [0.15, 0.2) is 0 Å². The zero-order valence-electron chi connectivity index (χ0n) is 8.87. The van der Waals surface area contributed by atoms with Gasteiger partial charge in [-0.2, -0.15) is 4.98 Å². The normalized spacial score (nSPS) is 12.6. The summed E-state index contributed by atoms with van der Waals surface area (Å²) in [5.74, 6) is 1.20. The molecule has 0 saturated carbocycles. The van der Waals surface area contributed by atoms with Gasteiger partial charge in [0, 0.05) is 25.3 Å². The summed E-state index contributed by atoms with van der Waals surface area (Å²) in [4.78, 5) is 7.60. The average Bonchev–Trinajstić information content (AvgIpc) is 2.60. The van der Waals surface area contributed by atoms with Crippen molar-refractivity contribution in [3.63, 3.8) is 0 Å². The number of halogens is 1. The van der Waals surface area contributed by atoms with Crippen molar-refractivity contribution in [3.05, 3.63) is 4.88 Å². The predicted octanol–water partition coefficient (Wildman–Crippen LogP) is 2.72. The second-order valence-electron chi connectivity index (χ2n) is 3.32. The molecule has 1 aromatic rings. The predicted molar refractivity (Wildman–Crippen MR) is 65.2 cm³/mol. The van der Waals surface area contributed by atoms with Gasteiger partial charge in [-0.05, 0) is 0 Å². The van der Waals surface area contributed by atoms with Crippen molar-refractivity contribution in [2.45, 2.75) is 12.8 Å². The van der Waals surface area contributed by atoms with Gasteiger partial charge in [-0.25, -0.2) is 0 Å². The van der Waals surface area contributed by atoms with Gasteiger partial charge in [0.15, 0.2) is 5.13 Å². The third kappa shape index (κ3) is 2.39. The van der Waals surface area contributed by atoms with E-state index in [1.165, 1.54) is 4.88 Å². The molecule has 0 aliphatic rings. The monoisotopic (exact) mass is 278 g/mol. The third-order valence-corrected chi connectivity index (χ3v) is 4.27. The minimum absolute atomic E-state index is 0.441. The Morgan fingerprint density at radius 3 is 2.64 bits per heavy atom. The number of hydrogen-bond acceptors (Lipinski definition) is 4. The van der Waals surface area contributed by atoms with Gasteiger partial charge >= 0.3 is 0 Å². The molecule has 0 bridgehead atoms. The zero-order valence-corrected chi connectivity index (χ0v) is 11.3. The van der Waals surface area contributed by atoms with Crippen molar-refractivity contribution >= 4 is 32.4 Å². The maximum atomic E-state index is 5.25. The summed E-state index contributed by atoms with van der Waals surface area (Å²) >= 11 is 5.16. The maximum Gasteiger partial charge on any atom is 0.229 e. The molecule has 0 aromatic carbocycles. The quantitative estimate of drug-likeness (QED) is 0.792. The number of thiazole rings is 1. The molecule has 1 aromatic heterocycles. The summed E-state index contributed by atoms with van der Waals surface area (Å²) in [6, 6.07) is 0. The lowest BCUT2D eigenvalue weighted by atomic mass is 10.2. The highest BCUT2D eigenvalue weighted by Gasteiger charge is 2.17. The number of hydrogen-bond donors (Lipinski definition) is 0. The van der Waals surface area contributed by atoms with Crippen LogP contribution in [0.1, 0.15) is 17.7 Å². The first-order valence-corrected chi connectivity index (χ1v) is 6.32. The highest BCUT2D eigenvalue weighted by molar-refractivity contribution is 9.09. The minimum atomic E-state index is 0.441. The van der Waals surface area contributed by atoms with E-state index in [1.54, 1.807) is 18.4 Å². The van der Waals surface area contributed by atoms with E-state index in [4.69, 9.17) is 4.74 Å². The number of methoxy groups -OCH3 is 1. The fourth-order valence-corrected chi connectivity index (χ4v) is 2.57. The van der Waals surface area contributed by atoms with Crippen molar-refractivity contribution in [1.82, 2.24) is 4.98 Å². The summed E-state index contributed by atoms with van der Waals surface area (Å²) in [6.45, 7) is 2.16. The molecule has 0 spiro atoms. The Bertz CT molecular complexity index is 301. The molecule has 1 heterocycles. The van der Waals surface area contributed by atoms with Gasteiger partial charge in [-0.3, -0.25) is 0 Å². The Kier molecular flexibility index (Phi) is 4.19. The Morgan fingerprint density at radius 1 is 1.57 bits per heavy atom. The van der Waals surface area contributed by atoms with Crippen molar-refractivity contribution in [3.8, 4) is 5.88 Å². The van der Waals surface area contributed by atoms with E-state index in [9.17, 15) is 0 Å². The maximum absolute atomic E-state index is 5.25. The molecule has 0 fully saturated rings. The van der Waals surface area contributed by atoms with Crippen molar-refractivity contribution in [1.29, 1.82) is 0 Å². The van der Waals surface area contributed by atoms with E-state index in [-0.39, 0.29) is 0 Å². The van der Waals surface area contributed by atoms with Gasteiger partial charge in [0.2, 0.25) is 5.88 Å². The summed E-state index contributed by atoms with van der Waals surface area (Å²) in [5.41, 5.74) is 0. The van der Waals surface area contributed by atoms with Crippen molar-refractivity contribution in [2.24, 2.45) is 0 Å². The molecule has 80 valence electrons. The van der Waals surface area contributed by atoms with Crippen LogP contribution in [0.2, 0.25) is 0 Å². The SMILES string of the molecule is COc1nc(N(C)C)sc1C(C)CBr. The van der Waals surface area contributed by atoms with Crippen LogP contribution < -0.4 is 9.64 Å². The first-order valence-electron chi connectivity index (χ1n) is 4.38. The smallest absolute Gasteiger partial charge is 0.229 e. The van der Waals surface area contributed by atoms with Gasteiger partial charge in [0.05, 0.1) is 12.0 Å². The molecule has 5 heteroatoms. The Morgan fingerprint density at radius 2 is 2.21 bits per heavy atom. The summed E-state index contributed by atoms with van der Waals surface area (Å²) in [6.07, 6.45) is 0. The van der Waals surface area contributed by atoms with Gasteiger partial charge in [0.1, 0.15) is 0 Å². The molecule has 1 unspecified atom stereocenters. The van der Waals surface area contributed by atoms with E-state index in [0.29, 0.717) is 5.92 Å². The number of nitrogens with zero attached hydrogens (tertiary/aromatic N) is 2. The van der Waals surface area contributed by atoms with Crippen LogP contribution in [0.4, 0.5) is 5.13 Å². The van der Waals surface area contributed by atoms with Gasteiger partial charge < -0.3 is 9.64 Å². The lowest BCUT2D eigenvalue weighted by Crippen LogP contribution is -2.07. The standard InChI is InChI=1S/C9H15BrN2OS/c1-6(5-10)7-8(13-4)11-9(14-7)12(2)3/h6H,5H2,1-4H3. The van der Waals surface area contributed by atoms with E-state index >= 15 is 0 Å². The van der Waals surface area contributed by atoms with Crippen LogP contribution in [0, 0.1) is 0 Å². The van der Waals surface area contributed by atoms with Crippen LogP contribution in [0.5, 0.6) is 5.88 Å². The summed E-state index contributed by atoms with van der Waals surface area (Å²) < 4.78 is 5.25. The number of ether oxygens (including phenoxy) is 1. The number of alkyl halides is 1. The number of aromatic nitrogens is 1. The van der Waals surface area contributed by atoms with Gasteiger partial charge in [0.25, 0.3) is 0 Å². The Labute approximate surface area is 97.2 Å². The minimum Gasteiger partial charge on any atom is -0.480 e. The molecule has 0 amide bonds. The highest BCUT2D eigenvalue weighted by Crippen LogP contribution is 2.36. The molecule has 14 heavy (non-hydrogen) atoms. The largest absolute Gasteiger partial charge is 0.480 e. The first kappa shape index (κ1) is 11.8. The Hall–Kier alpha value is -0.290. The fraction of sp³-hybridized carbons (Fsp3) is 0.667. The second kappa shape index (κ2) is 4.98. The molecule has 1 rings (SSSR count).